The molecular formula is C12H18N4O. The van der Waals surface area contributed by atoms with E-state index < -0.39 is 0 Å². The minimum atomic E-state index is 0.0297. The standard InChI is InChI=1S/C12H18N4O/c1-3-9(4-2)16-10-8(7-13)5-6-14-11(10)15-12(16)17/h5-6,9H,3-4,7,13H2,1-2H3,(H,14,15,17). The van der Waals surface area contributed by atoms with Gasteiger partial charge in [0.15, 0.2) is 5.65 Å². The molecule has 0 fully saturated rings. The van der Waals surface area contributed by atoms with Crippen molar-refractivity contribution in [1.82, 2.24) is 14.5 Å². The zero-order valence-electron chi connectivity index (χ0n) is 10.2. The van der Waals surface area contributed by atoms with E-state index in [-0.39, 0.29) is 12.1 Å². The first kappa shape index (κ1) is 11.9. The summed E-state index contributed by atoms with van der Waals surface area (Å²) in [5.41, 5.74) is 8.12. The van der Waals surface area contributed by atoms with E-state index in [1.807, 2.05) is 10.6 Å². The van der Waals surface area contributed by atoms with Gasteiger partial charge in [-0.05, 0) is 24.5 Å². The number of nitrogens with zero attached hydrogens (tertiary/aromatic N) is 3. The number of imidazole rings is 1. The van der Waals surface area contributed by atoms with E-state index in [2.05, 4.69) is 23.8 Å². The molecule has 5 heteroatoms. The van der Waals surface area contributed by atoms with Gasteiger partial charge in [-0.2, -0.15) is 4.98 Å². The van der Waals surface area contributed by atoms with E-state index >= 15 is 0 Å². The van der Waals surface area contributed by atoms with Gasteiger partial charge >= 0.3 is 0 Å². The van der Waals surface area contributed by atoms with Crippen LogP contribution >= 0.6 is 0 Å². The highest BCUT2D eigenvalue weighted by Gasteiger charge is 2.18. The lowest BCUT2D eigenvalue weighted by Crippen LogP contribution is -2.09. The molecule has 0 aliphatic carbocycles. The average Bonchev–Trinajstić information content (AvgIpc) is 2.68. The van der Waals surface area contributed by atoms with Crippen molar-refractivity contribution in [3.63, 3.8) is 0 Å². The largest absolute Gasteiger partial charge is 0.480 e. The lowest BCUT2D eigenvalue weighted by atomic mass is 10.1. The van der Waals surface area contributed by atoms with Gasteiger partial charge in [-0.3, -0.25) is 4.57 Å². The summed E-state index contributed by atoms with van der Waals surface area (Å²) < 4.78 is 1.85. The Kier molecular flexibility index (Phi) is 3.28. The highest BCUT2D eigenvalue weighted by molar-refractivity contribution is 5.76. The lowest BCUT2D eigenvalue weighted by molar-refractivity contribution is 0.361. The molecule has 0 spiro atoms. The van der Waals surface area contributed by atoms with Gasteiger partial charge in [0.25, 0.3) is 6.01 Å². The summed E-state index contributed by atoms with van der Waals surface area (Å²) >= 11 is 0. The van der Waals surface area contributed by atoms with Crippen LogP contribution in [0.4, 0.5) is 0 Å². The molecule has 0 saturated heterocycles. The maximum Gasteiger partial charge on any atom is 0.296 e. The van der Waals surface area contributed by atoms with Gasteiger partial charge in [-0.15, -0.1) is 0 Å². The number of hydrogen-bond donors (Lipinski definition) is 2. The van der Waals surface area contributed by atoms with E-state index in [4.69, 9.17) is 5.73 Å². The lowest BCUT2D eigenvalue weighted by Gasteiger charge is -2.17. The quantitative estimate of drug-likeness (QED) is 0.847. The van der Waals surface area contributed by atoms with Crippen molar-refractivity contribution < 1.29 is 5.11 Å². The summed E-state index contributed by atoms with van der Waals surface area (Å²) in [6, 6.07) is 2.14. The van der Waals surface area contributed by atoms with Gasteiger partial charge in [0.2, 0.25) is 0 Å². The van der Waals surface area contributed by atoms with Crippen LogP contribution in [0.5, 0.6) is 6.01 Å². The normalized spacial score (nSPS) is 11.5. The third kappa shape index (κ3) is 1.86. The van der Waals surface area contributed by atoms with Gasteiger partial charge in [0, 0.05) is 18.8 Å². The summed E-state index contributed by atoms with van der Waals surface area (Å²) in [6.45, 7) is 4.61. The number of nitrogens with two attached hydrogens (primary N) is 1. The van der Waals surface area contributed by atoms with Crippen LogP contribution in [0.2, 0.25) is 0 Å². The highest BCUT2D eigenvalue weighted by Crippen LogP contribution is 2.29. The molecule has 17 heavy (non-hydrogen) atoms. The predicted octanol–water partition coefficient (Wildman–Crippen LogP) is 1.96. The van der Waals surface area contributed by atoms with Crippen molar-refractivity contribution in [2.75, 3.05) is 0 Å². The van der Waals surface area contributed by atoms with E-state index in [0.29, 0.717) is 12.2 Å². The molecule has 92 valence electrons. The molecule has 2 rings (SSSR count). The minimum Gasteiger partial charge on any atom is -0.480 e. The van der Waals surface area contributed by atoms with Crippen molar-refractivity contribution in [3.05, 3.63) is 17.8 Å². The summed E-state index contributed by atoms with van der Waals surface area (Å²) in [4.78, 5) is 8.27. The molecule has 0 atom stereocenters. The Balaban J connectivity index is 2.72. The van der Waals surface area contributed by atoms with E-state index in [0.717, 1.165) is 23.9 Å². The molecular weight excluding hydrogens is 216 g/mol. The first-order chi connectivity index (χ1) is 8.22. The Morgan fingerprint density at radius 3 is 2.71 bits per heavy atom. The maximum absolute atomic E-state index is 9.96. The minimum absolute atomic E-state index is 0.0297. The second kappa shape index (κ2) is 4.71. The number of rotatable bonds is 4. The van der Waals surface area contributed by atoms with Crippen LogP contribution < -0.4 is 5.73 Å². The smallest absolute Gasteiger partial charge is 0.296 e. The van der Waals surface area contributed by atoms with Crippen molar-refractivity contribution in [2.45, 2.75) is 39.3 Å². The van der Waals surface area contributed by atoms with Crippen molar-refractivity contribution in [3.8, 4) is 6.01 Å². The molecule has 3 N–H and O–H groups in total. The Morgan fingerprint density at radius 2 is 2.12 bits per heavy atom. The third-order valence-electron chi connectivity index (χ3n) is 3.18. The van der Waals surface area contributed by atoms with Crippen LogP contribution in [-0.2, 0) is 6.54 Å². The number of aromatic hydroxyl groups is 1. The molecule has 0 amide bonds. The van der Waals surface area contributed by atoms with Crippen LogP contribution in [0.3, 0.4) is 0 Å². The molecule has 5 nitrogen and oxygen atoms in total. The van der Waals surface area contributed by atoms with Crippen LogP contribution in [0.25, 0.3) is 11.2 Å². The number of pyridine rings is 1. The van der Waals surface area contributed by atoms with Crippen LogP contribution in [0, 0.1) is 0 Å². The molecule has 0 unspecified atom stereocenters. The molecule has 0 radical (unpaired) electrons. The molecule has 0 bridgehead atoms. The maximum atomic E-state index is 9.96. The number of hydrogen-bond acceptors (Lipinski definition) is 4. The fourth-order valence-electron chi connectivity index (χ4n) is 2.24. The molecule has 2 aromatic heterocycles. The van der Waals surface area contributed by atoms with Gasteiger partial charge in [0.1, 0.15) is 0 Å². The number of aromatic nitrogens is 3. The molecule has 2 heterocycles. The van der Waals surface area contributed by atoms with Gasteiger partial charge in [-0.1, -0.05) is 13.8 Å². The molecule has 2 aromatic rings. The topological polar surface area (TPSA) is 77.0 Å². The van der Waals surface area contributed by atoms with Crippen molar-refractivity contribution >= 4 is 11.2 Å². The molecule has 0 aliphatic heterocycles. The molecule has 0 aliphatic rings. The first-order valence-electron chi connectivity index (χ1n) is 5.97. The SMILES string of the molecule is CCC(CC)n1c(O)nc2nccc(CN)c21. The number of fused-ring (bicyclic) bond motifs is 1. The van der Waals surface area contributed by atoms with Crippen LogP contribution in [0.1, 0.15) is 38.3 Å². The summed E-state index contributed by atoms with van der Waals surface area (Å²) in [6.07, 6.45) is 3.55. The summed E-state index contributed by atoms with van der Waals surface area (Å²) in [7, 11) is 0. The van der Waals surface area contributed by atoms with Gasteiger partial charge < -0.3 is 10.8 Å². The average molecular weight is 234 g/mol. The second-order valence-electron chi connectivity index (χ2n) is 4.10. The third-order valence-corrected chi connectivity index (χ3v) is 3.18. The first-order valence-corrected chi connectivity index (χ1v) is 5.97. The molecule has 0 saturated carbocycles. The van der Waals surface area contributed by atoms with Gasteiger partial charge in [-0.25, -0.2) is 4.98 Å². The Morgan fingerprint density at radius 1 is 1.41 bits per heavy atom. The van der Waals surface area contributed by atoms with Crippen molar-refractivity contribution in [1.29, 1.82) is 0 Å². The van der Waals surface area contributed by atoms with Crippen LogP contribution in [0.15, 0.2) is 12.3 Å². The zero-order valence-corrected chi connectivity index (χ0v) is 10.2. The monoisotopic (exact) mass is 234 g/mol. The van der Waals surface area contributed by atoms with E-state index in [1.54, 1.807) is 6.20 Å². The van der Waals surface area contributed by atoms with E-state index in [9.17, 15) is 5.11 Å². The fourth-order valence-corrected chi connectivity index (χ4v) is 2.24. The summed E-state index contributed by atoms with van der Waals surface area (Å²) in [5.74, 6) is 0. The predicted molar refractivity (Wildman–Crippen MR) is 66.7 cm³/mol. The Hall–Kier alpha value is -1.62. The van der Waals surface area contributed by atoms with E-state index in [1.165, 1.54) is 0 Å². The summed E-state index contributed by atoms with van der Waals surface area (Å²) in [5, 5.41) is 9.96. The Bertz CT molecular complexity index is 516. The Labute approximate surface area is 100 Å². The molecule has 0 aromatic carbocycles. The zero-order chi connectivity index (χ0) is 12.4. The highest BCUT2D eigenvalue weighted by atomic mass is 16.3. The van der Waals surface area contributed by atoms with Gasteiger partial charge in [0.05, 0.1) is 5.52 Å². The van der Waals surface area contributed by atoms with Crippen molar-refractivity contribution in [2.24, 2.45) is 5.73 Å². The van der Waals surface area contributed by atoms with Crippen LogP contribution in [-0.4, -0.2) is 19.6 Å². The second-order valence-corrected chi connectivity index (χ2v) is 4.10. The fraction of sp³-hybridized carbons (Fsp3) is 0.500.